The second kappa shape index (κ2) is 6.84. The van der Waals surface area contributed by atoms with Crippen LogP contribution in [0.25, 0.3) is 0 Å². The van der Waals surface area contributed by atoms with Crippen LogP contribution in [0.5, 0.6) is 0 Å². The molecule has 1 heterocycles. The molecule has 3 unspecified atom stereocenters. The number of carbonyl (C=O) groups excluding carboxylic acids is 1. The third-order valence-electron chi connectivity index (χ3n) is 3.86. The van der Waals surface area contributed by atoms with E-state index in [0.717, 1.165) is 25.9 Å². The van der Waals surface area contributed by atoms with Crippen LogP contribution in [0, 0.1) is 5.92 Å². The van der Waals surface area contributed by atoms with Crippen LogP contribution in [0.2, 0.25) is 0 Å². The van der Waals surface area contributed by atoms with E-state index in [1.807, 2.05) is 0 Å². The number of amides is 1. The summed E-state index contributed by atoms with van der Waals surface area (Å²) < 4.78 is 4.68. The standard InChI is InChI=1S/C13H26N2O2/c1-5-10(3)15-8-11(6-2)7-12(9-15)14-13(16)17-4/h10-12H,5-9H2,1-4H3,(H,14,16). The summed E-state index contributed by atoms with van der Waals surface area (Å²) >= 11 is 0. The van der Waals surface area contributed by atoms with Gasteiger partial charge in [0.2, 0.25) is 0 Å². The Morgan fingerprint density at radius 1 is 1.47 bits per heavy atom. The molecule has 0 bridgehead atoms. The number of nitrogens with zero attached hydrogens (tertiary/aromatic N) is 1. The molecule has 1 fully saturated rings. The molecule has 0 aromatic heterocycles. The molecule has 4 nitrogen and oxygen atoms in total. The molecule has 1 saturated heterocycles. The Morgan fingerprint density at radius 2 is 2.18 bits per heavy atom. The molecule has 0 radical (unpaired) electrons. The monoisotopic (exact) mass is 242 g/mol. The van der Waals surface area contributed by atoms with Crippen LogP contribution in [0.1, 0.15) is 40.0 Å². The maximum Gasteiger partial charge on any atom is 0.407 e. The van der Waals surface area contributed by atoms with Crippen molar-refractivity contribution in [3.8, 4) is 0 Å². The molecule has 1 N–H and O–H groups in total. The van der Waals surface area contributed by atoms with Crippen molar-refractivity contribution < 1.29 is 9.53 Å². The van der Waals surface area contributed by atoms with Crippen molar-refractivity contribution in [1.82, 2.24) is 10.2 Å². The second-order valence-corrected chi connectivity index (χ2v) is 5.05. The third kappa shape index (κ3) is 4.19. The van der Waals surface area contributed by atoms with Gasteiger partial charge in [-0.1, -0.05) is 20.3 Å². The van der Waals surface area contributed by atoms with Gasteiger partial charge in [0.1, 0.15) is 0 Å². The molecule has 17 heavy (non-hydrogen) atoms. The fourth-order valence-electron chi connectivity index (χ4n) is 2.48. The summed E-state index contributed by atoms with van der Waals surface area (Å²) in [5.74, 6) is 0.680. The Kier molecular flexibility index (Phi) is 5.75. The Bertz CT molecular complexity index is 246. The number of alkyl carbamates (subject to hydrolysis) is 1. The quantitative estimate of drug-likeness (QED) is 0.822. The number of carbonyl (C=O) groups is 1. The van der Waals surface area contributed by atoms with Gasteiger partial charge in [0.05, 0.1) is 7.11 Å². The second-order valence-electron chi connectivity index (χ2n) is 5.05. The van der Waals surface area contributed by atoms with Crippen LogP contribution in [0.15, 0.2) is 0 Å². The molecule has 100 valence electrons. The minimum Gasteiger partial charge on any atom is -0.453 e. The van der Waals surface area contributed by atoms with Gasteiger partial charge >= 0.3 is 6.09 Å². The number of hydrogen-bond donors (Lipinski definition) is 1. The molecular weight excluding hydrogens is 216 g/mol. The number of rotatable bonds is 4. The van der Waals surface area contributed by atoms with Crippen LogP contribution in [-0.2, 0) is 4.74 Å². The predicted octanol–water partition coefficient (Wildman–Crippen LogP) is 2.24. The van der Waals surface area contributed by atoms with Crippen molar-refractivity contribution in [3.63, 3.8) is 0 Å². The maximum absolute atomic E-state index is 11.3. The van der Waals surface area contributed by atoms with E-state index in [0.29, 0.717) is 12.0 Å². The van der Waals surface area contributed by atoms with E-state index in [-0.39, 0.29) is 12.1 Å². The minimum atomic E-state index is -0.309. The Labute approximate surface area is 105 Å². The van der Waals surface area contributed by atoms with Gasteiger partial charge in [0.15, 0.2) is 0 Å². The highest BCUT2D eigenvalue weighted by Gasteiger charge is 2.29. The average Bonchev–Trinajstić information content (AvgIpc) is 2.36. The van der Waals surface area contributed by atoms with E-state index in [1.165, 1.54) is 13.5 Å². The van der Waals surface area contributed by atoms with Crippen molar-refractivity contribution in [2.24, 2.45) is 5.92 Å². The van der Waals surface area contributed by atoms with Gasteiger partial charge in [-0.25, -0.2) is 4.79 Å². The smallest absolute Gasteiger partial charge is 0.407 e. The number of likely N-dealkylation sites (tertiary alicyclic amines) is 1. The zero-order valence-electron chi connectivity index (χ0n) is 11.5. The van der Waals surface area contributed by atoms with Crippen molar-refractivity contribution in [3.05, 3.63) is 0 Å². The van der Waals surface area contributed by atoms with Gasteiger partial charge in [-0.3, -0.25) is 4.90 Å². The minimum absolute atomic E-state index is 0.232. The number of nitrogens with one attached hydrogen (secondary N) is 1. The molecular formula is C13H26N2O2. The molecule has 0 spiro atoms. The molecule has 4 heteroatoms. The summed E-state index contributed by atoms with van der Waals surface area (Å²) in [4.78, 5) is 13.8. The normalized spacial score (nSPS) is 27.5. The summed E-state index contributed by atoms with van der Waals surface area (Å²) in [6, 6.07) is 0.821. The largest absolute Gasteiger partial charge is 0.453 e. The fourth-order valence-corrected chi connectivity index (χ4v) is 2.48. The van der Waals surface area contributed by atoms with E-state index in [1.54, 1.807) is 0 Å². The fraction of sp³-hybridized carbons (Fsp3) is 0.923. The SMILES string of the molecule is CCC1CC(NC(=O)OC)CN(C(C)CC)C1. The topological polar surface area (TPSA) is 41.6 Å². The highest BCUT2D eigenvalue weighted by molar-refractivity contribution is 5.67. The highest BCUT2D eigenvalue weighted by Crippen LogP contribution is 2.22. The van der Waals surface area contributed by atoms with E-state index < -0.39 is 0 Å². The predicted molar refractivity (Wildman–Crippen MR) is 69.1 cm³/mol. The molecule has 0 aromatic rings. The summed E-state index contributed by atoms with van der Waals surface area (Å²) in [5.41, 5.74) is 0. The molecule has 0 aromatic carbocycles. The molecule has 1 aliphatic rings. The summed E-state index contributed by atoms with van der Waals surface area (Å²) in [7, 11) is 1.42. The Balaban J connectivity index is 2.56. The number of methoxy groups -OCH3 is 1. The van der Waals surface area contributed by atoms with Gasteiger partial charge in [-0.15, -0.1) is 0 Å². The first-order valence-electron chi connectivity index (χ1n) is 6.69. The lowest BCUT2D eigenvalue weighted by atomic mass is 9.91. The number of piperidine rings is 1. The molecule has 3 atom stereocenters. The van der Waals surface area contributed by atoms with Crippen molar-refractivity contribution >= 4 is 6.09 Å². The van der Waals surface area contributed by atoms with E-state index in [2.05, 4.69) is 35.7 Å². The maximum atomic E-state index is 11.3. The van der Waals surface area contributed by atoms with E-state index in [4.69, 9.17) is 0 Å². The lowest BCUT2D eigenvalue weighted by Crippen LogP contribution is -2.53. The van der Waals surface area contributed by atoms with Crippen LogP contribution < -0.4 is 5.32 Å². The first-order chi connectivity index (χ1) is 8.10. The molecule has 1 amide bonds. The lowest BCUT2D eigenvalue weighted by molar-refractivity contribution is 0.0948. The summed E-state index contributed by atoms with van der Waals surface area (Å²) in [6.45, 7) is 8.79. The van der Waals surface area contributed by atoms with Gasteiger partial charge in [0.25, 0.3) is 0 Å². The highest BCUT2D eigenvalue weighted by atomic mass is 16.5. The van der Waals surface area contributed by atoms with Crippen LogP contribution in [-0.4, -0.2) is 43.3 Å². The van der Waals surface area contributed by atoms with Crippen molar-refractivity contribution in [2.75, 3.05) is 20.2 Å². The zero-order valence-corrected chi connectivity index (χ0v) is 11.5. The van der Waals surface area contributed by atoms with Gasteiger partial charge in [-0.2, -0.15) is 0 Å². The molecule has 0 aliphatic carbocycles. The molecule has 1 rings (SSSR count). The first-order valence-corrected chi connectivity index (χ1v) is 6.69. The van der Waals surface area contributed by atoms with Crippen molar-refractivity contribution in [1.29, 1.82) is 0 Å². The van der Waals surface area contributed by atoms with Gasteiger partial charge in [-0.05, 0) is 25.7 Å². The van der Waals surface area contributed by atoms with E-state index in [9.17, 15) is 4.79 Å². The van der Waals surface area contributed by atoms with Gasteiger partial charge < -0.3 is 10.1 Å². The Morgan fingerprint density at radius 3 is 2.71 bits per heavy atom. The molecule has 0 saturated carbocycles. The van der Waals surface area contributed by atoms with Gasteiger partial charge in [0, 0.05) is 25.2 Å². The summed E-state index contributed by atoms with van der Waals surface area (Å²) in [5, 5.41) is 2.94. The van der Waals surface area contributed by atoms with E-state index >= 15 is 0 Å². The van der Waals surface area contributed by atoms with Crippen molar-refractivity contribution in [2.45, 2.75) is 52.1 Å². The number of ether oxygens (including phenoxy) is 1. The van der Waals surface area contributed by atoms with Crippen LogP contribution in [0.3, 0.4) is 0 Å². The average molecular weight is 242 g/mol. The number of hydrogen-bond acceptors (Lipinski definition) is 3. The van der Waals surface area contributed by atoms with Crippen LogP contribution in [0.4, 0.5) is 4.79 Å². The first kappa shape index (κ1) is 14.3. The zero-order chi connectivity index (χ0) is 12.8. The van der Waals surface area contributed by atoms with Crippen LogP contribution >= 0.6 is 0 Å². The summed E-state index contributed by atoms with van der Waals surface area (Å²) in [6.07, 6.45) is 3.09. The molecule has 1 aliphatic heterocycles. The lowest BCUT2D eigenvalue weighted by Gasteiger charge is -2.40. The Hall–Kier alpha value is -0.770. The third-order valence-corrected chi connectivity index (χ3v) is 3.86.